The Morgan fingerprint density at radius 3 is 2.83 bits per heavy atom. The molecule has 7 nitrogen and oxygen atoms in total. The van der Waals surface area contributed by atoms with Gasteiger partial charge in [0.15, 0.2) is 5.82 Å². The Labute approximate surface area is 140 Å². The first-order chi connectivity index (χ1) is 11.6. The molecule has 0 aromatic carbocycles. The number of halogens is 1. The van der Waals surface area contributed by atoms with Crippen LogP contribution in [0.15, 0.2) is 29.6 Å². The number of likely N-dealkylation sites (tertiary alicyclic amines) is 1. The molecule has 0 saturated carbocycles. The second-order valence-electron chi connectivity index (χ2n) is 6.12. The smallest absolute Gasteiger partial charge is 0.293 e. The second-order valence-corrected chi connectivity index (χ2v) is 6.12. The lowest BCUT2D eigenvalue weighted by molar-refractivity contribution is 0.233. The van der Waals surface area contributed by atoms with Crippen LogP contribution in [0.1, 0.15) is 19.2 Å². The van der Waals surface area contributed by atoms with Gasteiger partial charge in [0.1, 0.15) is 12.0 Å². The Kier molecular flexibility index (Phi) is 4.94. The van der Waals surface area contributed by atoms with Crippen LogP contribution >= 0.6 is 0 Å². The Bertz CT molecular complexity index is 742. The summed E-state index contributed by atoms with van der Waals surface area (Å²) in [6.07, 6.45) is 6.48. The molecule has 0 amide bonds. The van der Waals surface area contributed by atoms with Gasteiger partial charge in [0.25, 0.3) is 5.56 Å². The van der Waals surface area contributed by atoms with Gasteiger partial charge in [-0.2, -0.15) is 0 Å². The molecule has 0 radical (unpaired) electrons. The third-order valence-corrected chi connectivity index (χ3v) is 4.50. The summed E-state index contributed by atoms with van der Waals surface area (Å²) < 4.78 is 17.4. The third kappa shape index (κ3) is 3.48. The highest BCUT2D eigenvalue weighted by molar-refractivity contribution is 5.31. The molecule has 0 spiro atoms. The lowest BCUT2D eigenvalue weighted by Gasteiger charge is -2.24. The molecule has 2 aromatic rings. The molecule has 3 heterocycles. The fraction of sp³-hybridized carbons (Fsp3) is 0.562. The fourth-order valence-corrected chi connectivity index (χ4v) is 3.09. The van der Waals surface area contributed by atoms with Crippen molar-refractivity contribution in [3.05, 3.63) is 41.0 Å². The minimum absolute atomic E-state index is 0.00758. The zero-order valence-corrected chi connectivity index (χ0v) is 14.0. The molecule has 0 unspecified atom stereocenters. The van der Waals surface area contributed by atoms with Crippen molar-refractivity contribution in [2.75, 3.05) is 18.4 Å². The zero-order chi connectivity index (χ0) is 17.1. The summed E-state index contributed by atoms with van der Waals surface area (Å²) in [5.74, 6) is 1.22. The molecule has 8 heteroatoms. The predicted molar refractivity (Wildman–Crippen MR) is 89.6 cm³/mol. The van der Waals surface area contributed by atoms with Gasteiger partial charge in [-0.1, -0.05) is 0 Å². The summed E-state index contributed by atoms with van der Waals surface area (Å²) in [5.41, 5.74) is -0.148. The molecule has 3 rings (SSSR count). The molecule has 1 aliphatic rings. The number of anilines is 1. The van der Waals surface area contributed by atoms with Gasteiger partial charge in [-0.3, -0.25) is 9.69 Å². The number of nitrogens with zero attached hydrogens (tertiary/aromatic N) is 5. The SMILES string of the molecule is CCn1ccnc(NC[C@@H]2C[C@H](F)CN2Cc2nccn2C)c1=O. The molecule has 2 atom stereocenters. The van der Waals surface area contributed by atoms with E-state index in [-0.39, 0.29) is 11.6 Å². The summed E-state index contributed by atoms with van der Waals surface area (Å²) in [7, 11) is 1.93. The monoisotopic (exact) mass is 334 g/mol. The van der Waals surface area contributed by atoms with Gasteiger partial charge in [-0.25, -0.2) is 14.4 Å². The van der Waals surface area contributed by atoms with Crippen LogP contribution in [0.3, 0.4) is 0 Å². The van der Waals surface area contributed by atoms with E-state index in [0.29, 0.717) is 38.4 Å². The second kappa shape index (κ2) is 7.12. The third-order valence-electron chi connectivity index (χ3n) is 4.50. The number of alkyl halides is 1. The Balaban J connectivity index is 1.67. The molecule has 1 fully saturated rings. The quantitative estimate of drug-likeness (QED) is 0.854. The predicted octanol–water partition coefficient (Wildman–Crippen LogP) is 1.02. The van der Waals surface area contributed by atoms with E-state index < -0.39 is 6.17 Å². The van der Waals surface area contributed by atoms with Crippen molar-refractivity contribution in [2.24, 2.45) is 7.05 Å². The van der Waals surface area contributed by atoms with Crippen LogP contribution in [0.25, 0.3) is 0 Å². The van der Waals surface area contributed by atoms with Crippen molar-refractivity contribution in [3.63, 3.8) is 0 Å². The van der Waals surface area contributed by atoms with Crippen molar-refractivity contribution in [3.8, 4) is 0 Å². The summed E-state index contributed by atoms with van der Waals surface area (Å²) in [4.78, 5) is 22.7. The fourth-order valence-electron chi connectivity index (χ4n) is 3.09. The first kappa shape index (κ1) is 16.6. The van der Waals surface area contributed by atoms with E-state index in [9.17, 15) is 9.18 Å². The number of aryl methyl sites for hydroxylation is 2. The van der Waals surface area contributed by atoms with E-state index >= 15 is 0 Å². The normalized spacial score (nSPS) is 21.3. The Hall–Kier alpha value is -2.22. The maximum Gasteiger partial charge on any atom is 0.293 e. The topological polar surface area (TPSA) is 68.0 Å². The van der Waals surface area contributed by atoms with Crippen molar-refractivity contribution in [2.45, 2.75) is 38.6 Å². The maximum absolute atomic E-state index is 13.9. The van der Waals surface area contributed by atoms with Gasteiger partial charge in [-0.15, -0.1) is 0 Å². The molecular formula is C16H23FN6O. The number of aromatic nitrogens is 4. The molecule has 1 saturated heterocycles. The van der Waals surface area contributed by atoms with E-state index in [2.05, 4.69) is 20.2 Å². The highest BCUT2D eigenvalue weighted by Gasteiger charge is 2.32. The highest BCUT2D eigenvalue weighted by Crippen LogP contribution is 2.22. The summed E-state index contributed by atoms with van der Waals surface area (Å²) in [5, 5.41) is 3.09. The highest BCUT2D eigenvalue weighted by atomic mass is 19.1. The van der Waals surface area contributed by atoms with Gasteiger partial charge in [0.2, 0.25) is 0 Å². The minimum atomic E-state index is -0.854. The number of rotatable bonds is 6. The van der Waals surface area contributed by atoms with Crippen LogP contribution in [-0.4, -0.2) is 49.3 Å². The average molecular weight is 334 g/mol. The molecule has 24 heavy (non-hydrogen) atoms. The van der Waals surface area contributed by atoms with Crippen molar-refractivity contribution in [1.82, 2.24) is 24.0 Å². The molecule has 130 valence electrons. The zero-order valence-electron chi connectivity index (χ0n) is 14.0. The van der Waals surface area contributed by atoms with Crippen LogP contribution in [0.2, 0.25) is 0 Å². The summed E-state index contributed by atoms with van der Waals surface area (Å²) in [6, 6.07) is 0.00758. The van der Waals surface area contributed by atoms with Gasteiger partial charge in [-0.05, 0) is 13.3 Å². The number of imidazole rings is 1. The lowest BCUT2D eigenvalue weighted by Crippen LogP contribution is -2.36. The first-order valence-electron chi connectivity index (χ1n) is 8.22. The largest absolute Gasteiger partial charge is 0.364 e. The van der Waals surface area contributed by atoms with Gasteiger partial charge in [0, 0.05) is 57.5 Å². The van der Waals surface area contributed by atoms with E-state index in [1.54, 1.807) is 23.2 Å². The molecule has 0 bridgehead atoms. The lowest BCUT2D eigenvalue weighted by atomic mass is 10.2. The Morgan fingerprint density at radius 2 is 2.12 bits per heavy atom. The van der Waals surface area contributed by atoms with Gasteiger partial charge in [0.05, 0.1) is 6.54 Å². The van der Waals surface area contributed by atoms with E-state index in [1.807, 2.05) is 24.7 Å². The number of nitrogens with one attached hydrogen (secondary N) is 1. The number of hydrogen-bond acceptors (Lipinski definition) is 5. The standard InChI is InChI=1S/C16H23FN6O/c1-3-22-7-5-19-15(16(22)24)20-9-13-8-12(17)10-23(13)11-14-18-4-6-21(14)2/h4-7,12-13H,3,8-11H2,1-2H3,(H,19,20)/t12-,13-/m0/s1. The average Bonchev–Trinajstić information content (AvgIpc) is 3.12. The van der Waals surface area contributed by atoms with E-state index in [1.165, 1.54) is 0 Å². The molecular weight excluding hydrogens is 311 g/mol. The van der Waals surface area contributed by atoms with E-state index in [4.69, 9.17) is 0 Å². The summed E-state index contributed by atoms with van der Waals surface area (Å²) in [6.45, 7) is 3.97. The van der Waals surface area contributed by atoms with Crippen LogP contribution in [0, 0.1) is 0 Å². The van der Waals surface area contributed by atoms with Crippen LogP contribution in [-0.2, 0) is 20.1 Å². The maximum atomic E-state index is 13.9. The minimum Gasteiger partial charge on any atom is -0.364 e. The molecule has 1 aliphatic heterocycles. The molecule has 2 aromatic heterocycles. The van der Waals surface area contributed by atoms with Crippen molar-refractivity contribution >= 4 is 5.82 Å². The van der Waals surface area contributed by atoms with Gasteiger partial charge >= 0.3 is 0 Å². The van der Waals surface area contributed by atoms with Crippen LogP contribution in [0.5, 0.6) is 0 Å². The molecule has 1 N–H and O–H groups in total. The Morgan fingerprint density at radius 1 is 1.33 bits per heavy atom. The first-order valence-corrected chi connectivity index (χ1v) is 8.22. The van der Waals surface area contributed by atoms with Crippen molar-refractivity contribution < 1.29 is 4.39 Å². The van der Waals surface area contributed by atoms with Crippen molar-refractivity contribution in [1.29, 1.82) is 0 Å². The van der Waals surface area contributed by atoms with Crippen LogP contribution in [0.4, 0.5) is 10.2 Å². The molecule has 0 aliphatic carbocycles. The van der Waals surface area contributed by atoms with Crippen LogP contribution < -0.4 is 10.9 Å². The van der Waals surface area contributed by atoms with Gasteiger partial charge < -0.3 is 14.5 Å². The summed E-state index contributed by atoms with van der Waals surface area (Å²) >= 11 is 0. The number of hydrogen-bond donors (Lipinski definition) is 1. The van der Waals surface area contributed by atoms with E-state index in [0.717, 1.165) is 5.82 Å².